The number of piperidine rings is 1. The summed E-state index contributed by atoms with van der Waals surface area (Å²) in [5.74, 6) is 0. The maximum absolute atomic E-state index is 2.81. The van der Waals surface area contributed by atoms with Gasteiger partial charge in [-0.1, -0.05) is 103 Å². The number of nitrogens with zero attached hydrogens (tertiary/aromatic N) is 1. The fourth-order valence-corrected chi connectivity index (χ4v) is 5.47. The van der Waals surface area contributed by atoms with Crippen LogP contribution < -0.4 is 0 Å². The van der Waals surface area contributed by atoms with E-state index in [1.807, 2.05) is 0 Å². The molecule has 1 fully saturated rings. The van der Waals surface area contributed by atoms with Crippen LogP contribution in [0.15, 0.2) is 0 Å². The Morgan fingerprint density at radius 2 is 0.821 bits per heavy atom. The van der Waals surface area contributed by atoms with Gasteiger partial charge in [-0.2, -0.15) is 0 Å². The summed E-state index contributed by atoms with van der Waals surface area (Å²) >= 11 is 0. The Hall–Kier alpha value is -0.0400. The van der Waals surface area contributed by atoms with Crippen LogP contribution >= 0.6 is 0 Å². The molecule has 0 saturated carbocycles. The van der Waals surface area contributed by atoms with Crippen molar-refractivity contribution in [2.24, 2.45) is 0 Å². The van der Waals surface area contributed by atoms with Crippen LogP contribution in [0, 0.1) is 0 Å². The van der Waals surface area contributed by atoms with Crippen LogP contribution in [-0.4, -0.2) is 22.5 Å². The number of unbranched alkanes of at least 4 members (excludes halogenated alkanes) is 15. The molecular weight excluding hydrogens is 338 g/mol. The molecule has 0 atom stereocenters. The van der Waals surface area contributed by atoms with Gasteiger partial charge in [0.15, 0.2) is 0 Å². The van der Waals surface area contributed by atoms with Crippen LogP contribution in [-0.2, 0) is 0 Å². The molecule has 0 aliphatic carbocycles. The van der Waals surface area contributed by atoms with Crippen LogP contribution in [0.5, 0.6) is 0 Å². The van der Waals surface area contributed by atoms with Crippen molar-refractivity contribution in [3.8, 4) is 0 Å². The maximum atomic E-state index is 2.81. The average Bonchev–Trinajstić information content (AvgIpc) is 2.62. The summed E-state index contributed by atoms with van der Waals surface area (Å²) in [6, 6.07) is 0. The van der Waals surface area contributed by atoms with E-state index >= 15 is 0 Å². The van der Waals surface area contributed by atoms with Crippen LogP contribution in [0.3, 0.4) is 0 Å². The van der Waals surface area contributed by atoms with Gasteiger partial charge in [0, 0.05) is 11.1 Å². The van der Waals surface area contributed by atoms with E-state index in [1.165, 1.54) is 129 Å². The fourth-order valence-electron chi connectivity index (χ4n) is 5.47. The molecule has 28 heavy (non-hydrogen) atoms. The monoisotopic (exact) mass is 393 g/mol. The summed E-state index contributed by atoms with van der Waals surface area (Å²) < 4.78 is 0. The van der Waals surface area contributed by atoms with E-state index in [-0.39, 0.29) is 0 Å². The second-order valence-electron chi connectivity index (χ2n) is 10.9. The van der Waals surface area contributed by atoms with Gasteiger partial charge in [0.25, 0.3) is 0 Å². The third-order valence-electron chi connectivity index (χ3n) is 7.27. The SMILES string of the molecule is CCCCCCCCCCCCCCCCCCN1C(C)(C)CCCC1(C)C. The minimum Gasteiger partial charge on any atom is -0.293 e. The van der Waals surface area contributed by atoms with Crippen molar-refractivity contribution in [2.45, 2.75) is 168 Å². The molecule has 1 saturated heterocycles. The van der Waals surface area contributed by atoms with Crippen molar-refractivity contribution in [1.82, 2.24) is 4.90 Å². The Bertz CT molecular complexity index is 341. The highest BCUT2D eigenvalue weighted by Crippen LogP contribution is 2.38. The molecule has 0 aromatic rings. The summed E-state index contributed by atoms with van der Waals surface area (Å²) in [4.78, 5) is 2.81. The Morgan fingerprint density at radius 3 is 1.18 bits per heavy atom. The minimum absolute atomic E-state index is 0.400. The van der Waals surface area contributed by atoms with Crippen molar-refractivity contribution in [2.75, 3.05) is 6.54 Å². The lowest BCUT2D eigenvalue weighted by Gasteiger charge is -2.53. The van der Waals surface area contributed by atoms with Crippen molar-refractivity contribution in [3.63, 3.8) is 0 Å². The molecule has 0 aromatic heterocycles. The Morgan fingerprint density at radius 1 is 0.500 bits per heavy atom. The van der Waals surface area contributed by atoms with Gasteiger partial charge in [0.1, 0.15) is 0 Å². The molecule has 1 aliphatic rings. The van der Waals surface area contributed by atoms with E-state index in [0.29, 0.717) is 11.1 Å². The normalized spacial score (nSPS) is 19.2. The Labute approximate surface area is 179 Å². The third-order valence-corrected chi connectivity index (χ3v) is 7.27. The summed E-state index contributed by atoms with van der Waals surface area (Å²) in [6.45, 7) is 13.4. The smallest absolute Gasteiger partial charge is 0.0158 e. The molecule has 0 spiro atoms. The molecule has 0 aromatic carbocycles. The summed E-state index contributed by atoms with van der Waals surface area (Å²) in [5.41, 5.74) is 0.800. The summed E-state index contributed by atoms with van der Waals surface area (Å²) in [5, 5.41) is 0. The molecule has 0 radical (unpaired) electrons. The van der Waals surface area contributed by atoms with Crippen molar-refractivity contribution < 1.29 is 0 Å². The first-order valence-electron chi connectivity index (χ1n) is 13.2. The zero-order chi connectivity index (χ0) is 20.7. The lowest BCUT2D eigenvalue weighted by molar-refractivity contribution is -0.0276. The van der Waals surface area contributed by atoms with Gasteiger partial charge >= 0.3 is 0 Å². The second-order valence-corrected chi connectivity index (χ2v) is 10.9. The van der Waals surface area contributed by atoms with Crippen molar-refractivity contribution >= 4 is 0 Å². The largest absolute Gasteiger partial charge is 0.293 e. The quantitative estimate of drug-likeness (QED) is 0.222. The zero-order valence-corrected chi connectivity index (χ0v) is 20.6. The van der Waals surface area contributed by atoms with E-state index < -0.39 is 0 Å². The third kappa shape index (κ3) is 11.2. The van der Waals surface area contributed by atoms with Gasteiger partial charge in [0.2, 0.25) is 0 Å². The van der Waals surface area contributed by atoms with Gasteiger partial charge in [-0.15, -0.1) is 0 Å². The first kappa shape index (κ1) is 26.0. The van der Waals surface area contributed by atoms with Crippen molar-refractivity contribution in [1.29, 1.82) is 0 Å². The fraction of sp³-hybridized carbons (Fsp3) is 1.00. The van der Waals surface area contributed by atoms with Gasteiger partial charge in [0.05, 0.1) is 0 Å². The molecule has 0 N–H and O–H groups in total. The lowest BCUT2D eigenvalue weighted by Crippen LogP contribution is -2.58. The molecule has 1 nitrogen and oxygen atoms in total. The average molecular weight is 394 g/mol. The molecule has 1 aliphatic heterocycles. The van der Waals surface area contributed by atoms with Crippen LogP contribution in [0.25, 0.3) is 0 Å². The van der Waals surface area contributed by atoms with Crippen LogP contribution in [0.1, 0.15) is 157 Å². The standard InChI is InChI=1S/C27H55N/c1-6-7-8-9-10-11-12-13-14-15-16-17-18-19-20-21-25-28-26(2,3)23-22-24-27(28,4)5/h6-25H2,1-5H3. The molecule has 1 heteroatoms. The molecule has 1 rings (SSSR count). The maximum Gasteiger partial charge on any atom is 0.0158 e. The highest BCUT2D eigenvalue weighted by atomic mass is 15.3. The van der Waals surface area contributed by atoms with E-state index in [9.17, 15) is 0 Å². The van der Waals surface area contributed by atoms with Crippen LogP contribution in [0.4, 0.5) is 0 Å². The Balaban J connectivity index is 1.88. The molecular formula is C27H55N. The van der Waals surface area contributed by atoms with E-state index in [0.717, 1.165) is 0 Å². The molecule has 0 unspecified atom stereocenters. The molecule has 0 bridgehead atoms. The van der Waals surface area contributed by atoms with Crippen LogP contribution in [0.2, 0.25) is 0 Å². The molecule has 168 valence electrons. The summed E-state index contributed by atoms with van der Waals surface area (Å²) in [6.07, 6.45) is 27.4. The number of hydrogen-bond donors (Lipinski definition) is 0. The minimum atomic E-state index is 0.400. The van der Waals surface area contributed by atoms with Gasteiger partial charge in [-0.25, -0.2) is 0 Å². The topological polar surface area (TPSA) is 3.24 Å². The zero-order valence-electron chi connectivity index (χ0n) is 20.6. The second kappa shape index (κ2) is 14.9. The predicted octanol–water partition coefficient (Wildman–Crippen LogP) is 9.29. The first-order valence-corrected chi connectivity index (χ1v) is 13.2. The van der Waals surface area contributed by atoms with Gasteiger partial charge < -0.3 is 0 Å². The first-order chi connectivity index (χ1) is 13.4. The lowest BCUT2D eigenvalue weighted by atomic mass is 9.79. The molecule has 1 heterocycles. The van der Waals surface area contributed by atoms with E-state index in [1.54, 1.807) is 0 Å². The number of hydrogen-bond acceptors (Lipinski definition) is 1. The van der Waals surface area contributed by atoms with Crippen molar-refractivity contribution in [3.05, 3.63) is 0 Å². The van der Waals surface area contributed by atoms with Gasteiger partial charge in [-0.05, 0) is 59.9 Å². The Kier molecular flexibility index (Phi) is 13.8. The summed E-state index contributed by atoms with van der Waals surface area (Å²) in [7, 11) is 0. The highest BCUT2D eigenvalue weighted by molar-refractivity contribution is 4.96. The van der Waals surface area contributed by atoms with Gasteiger partial charge in [-0.3, -0.25) is 4.90 Å². The highest BCUT2D eigenvalue weighted by Gasteiger charge is 2.40. The number of likely N-dealkylation sites (tertiary alicyclic amines) is 1. The molecule has 0 amide bonds. The predicted molar refractivity (Wildman–Crippen MR) is 128 cm³/mol. The number of rotatable bonds is 17. The van der Waals surface area contributed by atoms with E-state index in [4.69, 9.17) is 0 Å². The van der Waals surface area contributed by atoms with E-state index in [2.05, 4.69) is 39.5 Å².